The maximum atomic E-state index is 13.9. The van der Waals surface area contributed by atoms with Gasteiger partial charge in [0.15, 0.2) is 0 Å². The van der Waals surface area contributed by atoms with Gasteiger partial charge in [-0.25, -0.2) is 17.8 Å². The first-order chi connectivity index (χ1) is 13.3. The van der Waals surface area contributed by atoms with E-state index in [4.69, 9.17) is 0 Å². The zero-order valence-electron chi connectivity index (χ0n) is 15.7. The molecule has 4 rings (SSSR count). The molecule has 2 aliphatic heterocycles. The predicted molar refractivity (Wildman–Crippen MR) is 103 cm³/mol. The molecule has 9 heteroatoms. The number of aromatic nitrogens is 2. The average molecular weight is 406 g/mol. The first kappa shape index (κ1) is 19.2. The zero-order chi connectivity index (χ0) is 19.9. The quantitative estimate of drug-likeness (QED) is 0.833. The van der Waals surface area contributed by atoms with Crippen molar-refractivity contribution in [3.63, 3.8) is 0 Å². The SMILES string of the molecule is CS(=O)(=O)N1CCCC1c1nc2c(c(=O)[nH]1)CN(Cc1ccccc1F)CC2. The minimum absolute atomic E-state index is 0.237. The predicted octanol–water partition coefficient (Wildman–Crippen LogP) is 1.56. The second-order valence-corrected chi connectivity index (χ2v) is 9.40. The van der Waals surface area contributed by atoms with Crippen LogP contribution in [0, 0.1) is 5.82 Å². The molecule has 1 saturated heterocycles. The number of nitrogens with zero attached hydrogens (tertiary/aromatic N) is 3. The number of rotatable bonds is 4. The number of hydrogen-bond acceptors (Lipinski definition) is 5. The summed E-state index contributed by atoms with van der Waals surface area (Å²) in [5.74, 6) is 0.173. The number of hydrogen-bond donors (Lipinski definition) is 1. The maximum absolute atomic E-state index is 13.9. The molecular formula is C19H23FN4O3S. The van der Waals surface area contributed by atoms with Crippen molar-refractivity contribution in [1.82, 2.24) is 19.2 Å². The highest BCUT2D eigenvalue weighted by atomic mass is 32.2. The number of H-pyrrole nitrogens is 1. The fourth-order valence-corrected chi connectivity index (χ4v) is 5.20. The molecule has 0 bridgehead atoms. The molecule has 1 N–H and O–H groups in total. The van der Waals surface area contributed by atoms with Crippen LogP contribution < -0.4 is 5.56 Å². The van der Waals surface area contributed by atoms with Gasteiger partial charge in [0, 0.05) is 38.2 Å². The number of benzene rings is 1. The highest BCUT2D eigenvalue weighted by Gasteiger charge is 2.35. The van der Waals surface area contributed by atoms with Gasteiger partial charge < -0.3 is 4.98 Å². The molecule has 1 aromatic carbocycles. The molecule has 1 unspecified atom stereocenters. The van der Waals surface area contributed by atoms with Crippen LogP contribution in [0.4, 0.5) is 4.39 Å². The second-order valence-electron chi connectivity index (χ2n) is 7.46. The van der Waals surface area contributed by atoms with Crippen LogP contribution >= 0.6 is 0 Å². The van der Waals surface area contributed by atoms with Gasteiger partial charge in [0.05, 0.1) is 23.6 Å². The van der Waals surface area contributed by atoms with Gasteiger partial charge in [0.1, 0.15) is 11.6 Å². The second kappa shape index (κ2) is 7.38. The molecule has 1 fully saturated rings. The number of halogens is 1. The van der Waals surface area contributed by atoms with Gasteiger partial charge >= 0.3 is 0 Å². The van der Waals surface area contributed by atoms with Crippen LogP contribution in [0.2, 0.25) is 0 Å². The van der Waals surface area contributed by atoms with Gasteiger partial charge in [-0.15, -0.1) is 0 Å². The Balaban J connectivity index is 1.58. The summed E-state index contributed by atoms with van der Waals surface area (Å²) in [5.41, 5.74) is 1.65. The van der Waals surface area contributed by atoms with Crippen molar-refractivity contribution >= 4 is 10.0 Å². The Morgan fingerprint density at radius 1 is 1.29 bits per heavy atom. The van der Waals surface area contributed by atoms with Crippen LogP contribution in [0.1, 0.15) is 41.5 Å². The third-order valence-corrected chi connectivity index (χ3v) is 6.75. The fourth-order valence-electron chi connectivity index (χ4n) is 4.07. The average Bonchev–Trinajstić information content (AvgIpc) is 3.14. The Morgan fingerprint density at radius 2 is 2.07 bits per heavy atom. The van der Waals surface area contributed by atoms with E-state index in [-0.39, 0.29) is 11.4 Å². The molecule has 2 aromatic rings. The summed E-state index contributed by atoms with van der Waals surface area (Å²) in [6.07, 6.45) is 3.15. The highest BCUT2D eigenvalue weighted by molar-refractivity contribution is 7.88. The van der Waals surface area contributed by atoms with Gasteiger partial charge in [-0.3, -0.25) is 9.69 Å². The van der Waals surface area contributed by atoms with Crippen molar-refractivity contribution in [2.24, 2.45) is 0 Å². The standard InChI is InChI=1S/C19H23FN4O3S/c1-28(26,27)24-9-4-7-17(24)18-21-16-8-10-23(12-14(16)19(25)22-18)11-13-5-2-3-6-15(13)20/h2-3,5-6,17H,4,7-12H2,1H3,(H,21,22,25). The van der Waals surface area contributed by atoms with Crippen LogP contribution in [0.15, 0.2) is 29.1 Å². The molecule has 1 aromatic heterocycles. The third kappa shape index (κ3) is 3.74. The van der Waals surface area contributed by atoms with Crippen molar-refractivity contribution in [1.29, 1.82) is 0 Å². The van der Waals surface area contributed by atoms with Crippen LogP contribution in [0.5, 0.6) is 0 Å². The summed E-state index contributed by atoms with van der Waals surface area (Å²) in [6, 6.07) is 6.22. The summed E-state index contributed by atoms with van der Waals surface area (Å²) in [6.45, 7) is 1.93. The first-order valence-corrected chi connectivity index (χ1v) is 11.2. The van der Waals surface area contributed by atoms with Crippen LogP contribution in [0.3, 0.4) is 0 Å². The van der Waals surface area contributed by atoms with Crippen LogP contribution in [-0.2, 0) is 29.5 Å². The lowest BCUT2D eigenvalue weighted by Gasteiger charge is -2.29. The largest absolute Gasteiger partial charge is 0.309 e. The number of nitrogens with one attached hydrogen (secondary N) is 1. The lowest BCUT2D eigenvalue weighted by Crippen LogP contribution is -2.37. The van der Waals surface area contributed by atoms with E-state index < -0.39 is 16.1 Å². The van der Waals surface area contributed by atoms with E-state index in [1.54, 1.807) is 18.2 Å². The smallest absolute Gasteiger partial charge is 0.255 e. The Morgan fingerprint density at radius 3 is 2.82 bits per heavy atom. The molecule has 0 radical (unpaired) electrons. The van der Waals surface area contributed by atoms with E-state index >= 15 is 0 Å². The molecule has 0 saturated carbocycles. The van der Waals surface area contributed by atoms with E-state index in [1.165, 1.54) is 16.6 Å². The molecule has 0 aliphatic carbocycles. The number of fused-ring (bicyclic) bond motifs is 1. The topological polar surface area (TPSA) is 86.4 Å². The fraction of sp³-hybridized carbons (Fsp3) is 0.474. The molecule has 3 heterocycles. The van der Waals surface area contributed by atoms with Crippen LogP contribution in [0.25, 0.3) is 0 Å². The van der Waals surface area contributed by atoms with E-state index in [0.29, 0.717) is 61.7 Å². The van der Waals surface area contributed by atoms with Gasteiger partial charge in [0.2, 0.25) is 10.0 Å². The monoisotopic (exact) mass is 406 g/mol. The third-order valence-electron chi connectivity index (χ3n) is 5.46. The lowest BCUT2D eigenvalue weighted by molar-refractivity contribution is 0.237. The Hall–Kier alpha value is -2.10. The summed E-state index contributed by atoms with van der Waals surface area (Å²) >= 11 is 0. The Labute approximate surface area is 163 Å². The van der Waals surface area contributed by atoms with E-state index in [2.05, 4.69) is 9.97 Å². The van der Waals surface area contributed by atoms with Crippen molar-refractivity contribution in [2.45, 2.75) is 38.4 Å². The van der Waals surface area contributed by atoms with Gasteiger partial charge in [-0.05, 0) is 18.9 Å². The molecule has 0 amide bonds. The molecule has 150 valence electrons. The summed E-state index contributed by atoms with van der Waals surface area (Å²) < 4.78 is 39.3. The Kier molecular flexibility index (Phi) is 5.07. The summed E-state index contributed by atoms with van der Waals surface area (Å²) in [5, 5.41) is 0. The van der Waals surface area contributed by atoms with Crippen LogP contribution in [-0.4, -0.2) is 46.9 Å². The lowest BCUT2D eigenvalue weighted by atomic mass is 10.1. The van der Waals surface area contributed by atoms with E-state index in [9.17, 15) is 17.6 Å². The molecule has 7 nitrogen and oxygen atoms in total. The highest BCUT2D eigenvalue weighted by Crippen LogP contribution is 2.32. The molecular weight excluding hydrogens is 383 g/mol. The zero-order valence-corrected chi connectivity index (χ0v) is 16.5. The number of sulfonamides is 1. The van der Waals surface area contributed by atoms with Gasteiger partial charge in [-0.1, -0.05) is 18.2 Å². The normalized spacial score (nSPS) is 21.0. The first-order valence-electron chi connectivity index (χ1n) is 9.37. The van der Waals surface area contributed by atoms with Crippen molar-refractivity contribution < 1.29 is 12.8 Å². The number of aromatic amines is 1. The Bertz CT molecular complexity index is 1050. The van der Waals surface area contributed by atoms with Gasteiger partial charge in [0.25, 0.3) is 5.56 Å². The molecule has 1 atom stereocenters. The molecule has 2 aliphatic rings. The maximum Gasteiger partial charge on any atom is 0.255 e. The molecule has 28 heavy (non-hydrogen) atoms. The van der Waals surface area contributed by atoms with Crippen molar-refractivity contribution in [2.75, 3.05) is 19.3 Å². The van der Waals surface area contributed by atoms with Gasteiger partial charge in [-0.2, -0.15) is 4.31 Å². The van der Waals surface area contributed by atoms with Crippen molar-refractivity contribution in [3.05, 3.63) is 63.1 Å². The van der Waals surface area contributed by atoms with E-state index in [0.717, 1.165) is 6.42 Å². The summed E-state index contributed by atoms with van der Waals surface area (Å²) in [4.78, 5) is 22.1. The molecule has 0 spiro atoms. The summed E-state index contributed by atoms with van der Waals surface area (Å²) in [7, 11) is -3.35. The minimum Gasteiger partial charge on any atom is -0.309 e. The van der Waals surface area contributed by atoms with E-state index in [1.807, 2.05) is 4.90 Å². The minimum atomic E-state index is -3.35. The van der Waals surface area contributed by atoms with Crippen molar-refractivity contribution in [3.8, 4) is 0 Å².